The molecule has 3 rings (SSSR count). The van der Waals surface area contributed by atoms with Crippen LogP contribution in [-0.2, 0) is 0 Å². The molecule has 7 heteroatoms. The summed E-state index contributed by atoms with van der Waals surface area (Å²) in [5.41, 5.74) is 2.91. The Morgan fingerprint density at radius 1 is 1.23 bits per heavy atom. The van der Waals surface area contributed by atoms with Crippen molar-refractivity contribution in [3.63, 3.8) is 0 Å². The van der Waals surface area contributed by atoms with Crippen molar-refractivity contribution in [3.8, 4) is 17.1 Å². The summed E-state index contributed by atoms with van der Waals surface area (Å²) in [5, 5.41) is 5.86. The first-order valence-corrected chi connectivity index (χ1v) is 8.24. The molecule has 0 saturated heterocycles. The van der Waals surface area contributed by atoms with Crippen LogP contribution in [0.4, 0.5) is 5.69 Å². The van der Waals surface area contributed by atoms with Crippen molar-refractivity contribution >= 4 is 28.9 Å². The van der Waals surface area contributed by atoms with Crippen LogP contribution in [0.1, 0.15) is 15.9 Å². The van der Waals surface area contributed by atoms with Crippen LogP contribution in [0.15, 0.2) is 59.5 Å². The molecular weight excluding hydrogens is 350 g/mol. The monoisotopic (exact) mass is 367 g/mol. The number of rotatable bonds is 4. The Morgan fingerprint density at radius 3 is 2.73 bits per heavy atom. The molecule has 0 aliphatic heterocycles. The number of anilines is 1. The average Bonchev–Trinajstić information content (AvgIpc) is 3.16. The van der Waals surface area contributed by atoms with Crippen LogP contribution < -0.4 is 15.4 Å². The van der Waals surface area contributed by atoms with Crippen molar-refractivity contribution in [1.82, 2.24) is 10.3 Å². The van der Waals surface area contributed by atoms with E-state index in [1.165, 1.54) is 6.39 Å². The fourth-order valence-electron chi connectivity index (χ4n) is 2.48. The Labute approximate surface area is 156 Å². The summed E-state index contributed by atoms with van der Waals surface area (Å²) < 4.78 is 10.7. The molecule has 1 heterocycles. The molecule has 1 amide bonds. The molecule has 6 nitrogen and oxygen atoms in total. The third-order valence-electron chi connectivity index (χ3n) is 3.77. The van der Waals surface area contributed by atoms with E-state index in [2.05, 4.69) is 15.6 Å². The number of ether oxygens (including phenoxy) is 1. The fraction of sp³-hybridized carbons (Fsp3) is 0.105. The molecule has 0 unspecified atom stereocenters. The van der Waals surface area contributed by atoms with E-state index in [-0.39, 0.29) is 11.0 Å². The lowest BCUT2D eigenvalue weighted by Crippen LogP contribution is -2.34. The van der Waals surface area contributed by atoms with Crippen LogP contribution in [0.25, 0.3) is 11.3 Å². The predicted octanol–water partition coefficient (Wildman–Crippen LogP) is 3.79. The van der Waals surface area contributed by atoms with E-state index in [1.807, 2.05) is 37.3 Å². The van der Waals surface area contributed by atoms with E-state index in [9.17, 15) is 4.79 Å². The van der Waals surface area contributed by atoms with Gasteiger partial charge in [-0.2, -0.15) is 0 Å². The van der Waals surface area contributed by atoms with E-state index in [0.29, 0.717) is 22.8 Å². The molecule has 0 radical (unpaired) electrons. The third-order valence-corrected chi connectivity index (χ3v) is 3.98. The first kappa shape index (κ1) is 17.6. The Balaban J connectivity index is 1.71. The standard InChI is InChI=1S/C19H17N3O3S/c1-12-5-3-4-6-14(12)18(23)22-19(26)21-13-7-8-15(16(9-13)24-2)17-10-20-11-25-17/h3-11H,1-2H3,(H2,21,22,23,26). The van der Waals surface area contributed by atoms with Gasteiger partial charge in [0.15, 0.2) is 17.3 Å². The van der Waals surface area contributed by atoms with Crippen molar-refractivity contribution in [1.29, 1.82) is 0 Å². The Kier molecular flexibility index (Phi) is 5.28. The van der Waals surface area contributed by atoms with Crippen molar-refractivity contribution in [2.24, 2.45) is 0 Å². The van der Waals surface area contributed by atoms with Gasteiger partial charge in [0.05, 0.1) is 18.9 Å². The first-order chi connectivity index (χ1) is 12.6. The molecule has 0 aliphatic carbocycles. The van der Waals surface area contributed by atoms with Gasteiger partial charge < -0.3 is 14.5 Å². The smallest absolute Gasteiger partial charge is 0.257 e. The highest BCUT2D eigenvalue weighted by Gasteiger charge is 2.13. The van der Waals surface area contributed by atoms with Gasteiger partial charge in [-0.1, -0.05) is 18.2 Å². The van der Waals surface area contributed by atoms with Gasteiger partial charge in [-0.05, 0) is 42.9 Å². The minimum atomic E-state index is -0.258. The molecule has 132 valence electrons. The maximum absolute atomic E-state index is 12.3. The van der Waals surface area contributed by atoms with Gasteiger partial charge in [0, 0.05) is 17.3 Å². The quantitative estimate of drug-likeness (QED) is 0.684. The summed E-state index contributed by atoms with van der Waals surface area (Å²) in [6.45, 7) is 1.87. The van der Waals surface area contributed by atoms with Crippen LogP contribution in [0.2, 0.25) is 0 Å². The van der Waals surface area contributed by atoms with Gasteiger partial charge in [0.1, 0.15) is 5.75 Å². The van der Waals surface area contributed by atoms with Gasteiger partial charge in [0.25, 0.3) is 5.91 Å². The number of aromatic nitrogens is 1. The molecule has 0 atom stereocenters. The second-order valence-corrected chi connectivity index (χ2v) is 5.91. The lowest BCUT2D eigenvalue weighted by molar-refractivity contribution is 0.0977. The highest BCUT2D eigenvalue weighted by Crippen LogP contribution is 2.32. The number of benzene rings is 2. The molecule has 0 aliphatic rings. The largest absolute Gasteiger partial charge is 0.496 e. The number of amides is 1. The van der Waals surface area contributed by atoms with Gasteiger partial charge >= 0.3 is 0 Å². The highest BCUT2D eigenvalue weighted by atomic mass is 32.1. The van der Waals surface area contributed by atoms with Gasteiger partial charge in [0.2, 0.25) is 0 Å². The molecule has 0 bridgehead atoms. The molecule has 2 aromatic carbocycles. The van der Waals surface area contributed by atoms with Crippen molar-refractivity contribution < 1.29 is 13.9 Å². The zero-order valence-corrected chi connectivity index (χ0v) is 15.1. The van der Waals surface area contributed by atoms with Crippen LogP contribution >= 0.6 is 12.2 Å². The highest BCUT2D eigenvalue weighted by molar-refractivity contribution is 7.80. The summed E-state index contributed by atoms with van der Waals surface area (Å²) in [6.07, 6.45) is 2.97. The lowest BCUT2D eigenvalue weighted by atomic mass is 10.1. The minimum Gasteiger partial charge on any atom is -0.496 e. The molecule has 26 heavy (non-hydrogen) atoms. The van der Waals surface area contributed by atoms with E-state index in [0.717, 1.165) is 11.1 Å². The zero-order chi connectivity index (χ0) is 18.5. The maximum atomic E-state index is 12.3. The Morgan fingerprint density at radius 2 is 2.04 bits per heavy atom. The summed E-state index contributed by atoms with van der Waals surface area (Å²) in [4.78, 5) is 16.2. The second-order valence-electron chi connectivity index (χ2n) is 5.50. The normalized spacial score (nSPS) is 10.2. The van der Waals surface area contributed by atoms with Crippen LogP contribution in [0.3, 0.4) is 0 Å². The number of nitrogens with one attached hydrogen (secondary N) is 2. The fourth-order valence-corrected chi connectivity index (χ4v) is 2.69. The zero-order valence-electron chi connectivity index (χ0n) is 14.3. The average molecular weight is 367 g/mol. The molecule has 1 aromatic heterocycles. The van der Waals surface area contributed by atoms with Crippen LogP contribution in [-0.4, -0.2) is 23.1 Å². The summed E-state index contributed by atoms with van der Waals surface area (Å²) in [6, 6.07) is 12.7. The number of aryl methyl sites for hydroxylation is 1. The number of carbonyl (C=O) groups excluding carboxylic acids is 1. The summed E-state index contributed by atoms with van der Waals surface area (Å²) in [5.74, 6) is 0.939. The van der Waals surface area contributed by atoms with E-state index >= 15 is 0 Å². The number of carbonyl (C=O) groups is 1. The Bertz CT molecular complexity index is 939. The van der Waals surface area contributed by atoms with Crippen LogP contribution in [0.5, 0.6) is 5.75 Å². The lowest BCUT2D eigenvalue weighted by Gasteiger charge is -2.13. The second kappa shape index (κ2) is 7.79. The number of thiocarbonyl (C=S) groups is 1. The molecule has 3 aromatic rings. The molecule has 0 fully saturated rings. The van der Waals surface area contributed by atoms with E-state index in [1.54, 1.807) is 25.4 Å². The van der Waals surface area contributed by atoms with Crippen molar-refractivity contribution in [2.45, 2.75) is 6.92 Å². The van der Waals surface area contributed by atoms with Crippen molar-refractivity contribution in [2.75, 3.05) is 12.4 Å². The Hall–Kier alpha value is -3.19. The number of hydrogen-bond acceptors (Lipinski definition) is 5. The third kappa shape index (κ3) is 3.89. The van der Waals surface area contributed by atoms with E-state index < -0.39 is 0 Å². The molecule has 2 N–H and O–H groups in total. The van der Waals surface area contributed by atoms with Crippen molar-refractivity contribution in [3.05, 3.63) is 66.2 Å². The molecule has 0 saturated carbocycles. The summed E-state index contributed by atoms with van der Waals surface area (Å²) in [7, 11) is 1.57. The maximum Gasteiger partial charge on any atom is 0.257 e. The number of oxazole rings is 1. The van der Waals surface area contributed by atoms with Crippen LogP contribution in [0, 0.1) is 6.92 Å². The van der Waals surface area contributed by atoms with E-state index in [4.69, 9.17) is 21.4 Å². The SMILES string of the molecule is COc1cc(NC(=S)NC(=O)c2ccccc2C)ccc1-c1cnco1. The topological polar surface area (TPSA) is 76.4 Å². The number of methoxy groups -OCH3 is 1. The first-order valence-electron chi connectivity index (χ1n) is 7.83. The summed E-state index contributed by atoms with van der Waals surface area (Å²) >= 11 is 5.24. The van der Waals surface area contributed by atoms with Gasteiger partial charge in [-0.15, -0.1) is 0 Å². The predicted molar refractivity (Wildman–Crippen MR) is 103 cm³/mol. The number of hydrogen-bond donors (Lipinski definition) is 2. The van der Waals surface area contributed by atoms with Gasteiger partial charge in [-0.25, -0.2) is 4.98 Å². The minimum absolute atomic E-state index is 0.202. The number of nitrogens with zero attached hydrogens (tertiary/aromatic N) is 1. The molecule has 0 spiro atoms. The van der Waals surface area contributed by atoms with Gasteiger partial charge in [-0.3, -0.25) is 10.1 Å². The molecular formula is C19H17N3O3S.